The standard InChI is InChI=1S/C16H24FN/c1-11-8-9-16(13(11)3)18-12(2)10-14-6-4-5-7-15(14)17/h4-7,11-13,16,18H,8-10H2,1-3H3. The first kappa shape index (κ1) is 13.5. The van der Waals surface area contributed by atoms with Crippen LogP contribution in [-0.4, -0.2) is 12.1 Å². The number of benzene rings is 1. The first-order chi connectivity index (χ1) is 8.58. The highest BCUT2D eigenvalue weighted by molar-refractivity contribution is 5.18. The van der Waals surface area contributed by atoms with Crippen molar-refractivity contribution in [3.05, 3.63) is 35.6 Å². The molecule has 0 spiro atoms. The molecule has 1 aliphatic rings. The fraction of sp³-hybridized carbons (Fsp3) is 0.625. The molecule has 1 nitrogen and oxygen atoms in total. The number of hydrogen-bond acceptors (Lipinski definition) is 1. The van der Waals surface area contributed by atoms with Crippen LogP contribution in [0.15, 0.2) is 24.3 Å². The maximum atomic E-state index is 13.6. The predicted octanol–water partition coefficient (Wildman–Crippen LogP) is 3.78. The Labute approximate surface area is 110 Å². The van der Waals surface area contributed by atoms with Crippen molar-refractivity contribution in [3.63, 3.8) is 0 Å². The molecule has 1 aliphatic carbocycles. The largest absolute Gasteiger partial charge is 0.311 e. The summed E-state index contributed by atoms with van der Waals surface area (Å²) in [6.45, 7) is 6.81. The van der Waals surface area contributed by atoms with E-state index in [1.807, 2.05) is 12.1 Å². The van der Waals surface area contributed by atoms with Crippen molar-refractivity contribution in [3.8, 4) is 0 Å². The molecule has 2 heteroatoms. The number of halogens is 1. The van der Waals surface area contributed by atoms with Crippen LogP contribution in [0.5, 0.6) is 0 Å². The molecular weight excluding hydrogens is 225 g/mol. The monoisotopic (exact) mass is 249 g/mol. The van der Waals surface area contributed by atoms with Gasteiger partial charge in [-0.2, -0.15) is 0 Å². The van der Waals surface area contributed by atoms with E-state index in [0.717, 1.165) is 23.8 Å². The lowest BCUT2D eigenvalue weighted by Gasteiger charge is -2.24. The highest BCUT2D eigenvalue weighted by Crippen LogP contribution is 2.31. The minimum absolute atomic E-state index is 0.0843. The third-order valence-corrected chi connectivity index (χ3v) is 4.45. The highest BCUT2D eigenvalue weighted by Gasteiger charge is 2.30. The van der Waals surface area contributed by atoms with Gasteiger partial charge >= 0.3 is 0 Å². The molecule has 1 aromatic rings. The van der Waals surface area contributed by atoms with Gasteiger partial charge in [0.2, 0.25) is 0 Å². The molecule has 2 rings (SSSR count). The SMILES string of the molecule is CC(Cc1ccccc1F)NC1CCC(C)C1C. The van der Waals surface area contributed by atoms with E-state index >= 15 is 0 Å². The number of rotatable bonds is 4. The van der Waals surface area contributed by atoms with Crippen LogP contribution < -0.4 is 5.32 Å². The molecule has 4 unspecified atom stereocenters. The van der Waals surface area contributed by atoms with Gasteiger partial charge in [-0.05, 0) is 49.7 Å². The molecule has 100 valence electrons. The van der Waals surface area contributed by atoms with E-state index in [4.69, 9.17) is 0 Å². The van der Waals surface area contributed by atoms with Crippen LogP contribution in [0.3, 0.4) is 0 Å². The molecule has 4 atom stereocenters. The van der Waals surface area contributed by atoms with Crippen LogP contribution in [0.25, 0.3) is 0 Å². The van der Waals surface area contributed by atoms with E-state index in [9.17, 15) is 4.39 Å². The van der Waals surface area contributed by atoms with Crippen molar-refractivity contribution in [2.45, 2.75) is 52.1 Å². The van der Waals surface area contributed by atoms with Crippen LogP contribution >= 0.6 is 0 Å². The van der Waals surface area contributed by atoms with E-state index in [2.05, 4.69) is 26.1 Å². The van der Waals surface area contributed by atoms with Gasteiger partial charge in [0, 0.05) is 12.1 Å². The third-order valence-electron chi connectivity index (χ3n) is 4.45. The van der Waals surface area contributed by atoms with Crippen LogP contribution in [0.2, 0.25) is 0 Å². The molecule has 1 N–H and O–H groups in total. The Balaban J connectivity index is 1.89. The summed E-state index contributed by atoms with van der Waals surface area (Å²) in [5.41, 5.74) is 0.816. The molecule has 0 heterocycles. The topological polar surface area (TPSA) is 12.0 Å². The summed E-state index contributed by atoms with van der Waals surface area (Å²) in [4.78, 5) is 0. The molecule has 0 amide bonds. The summed E-state index contributed by atoms with van der Waals surface area (Å²) in [5.74, 6) is 1.45. The Morgan fingerprint density at radius 3 is 2.61 bits per heavy atom. The van der Waals surface area contributed by atoms with Gasteiger partial charge in [-0.3, -0.25) is 0 Å². The second-order valence-corrected chi connectivity index (χ2v) is 5.88. The van der Waals surface area contributed by atoms with E-state index in [1.165, 1.54) is 12.8 Å². The van der Waals surface area contributed by atoms with E-state index in [0.29, 0.717) is 12.1 Å². The highest BCUT2D eigenvalue weighted by atomic mass is 19.1. The zero-order chi connectivity index (χ0) is 13.1. The van der Waals surface area contributed by atoms with Gasteiger partial charge in [-0.15, -0.1) is 0 Å². The van der Waals surface area contributed by atoms with Gasteiger partial charge in [0.25, 0.3) is 0 Å². The summed E-state index contributed by atoms with van der Waals surface area (Å²) in [5, 5.41) is 3.67. The summed E-state index contributed by atoms with van der Waals surface area (Å²) >= 11 is 0. The first-order valence-corrected chi connectivity index (χ1v) is 7.07. The van der Waals surface area contributed by atoms with Crippen LogP contribution in [0, 0.1) is 17.7 Å². The Kier molecular flexibility index (Phi) is 4.39. The molecule has 0 bridgehead atoms. The molecule has 1 fully saturated rings. The molecular formula is C16H24FN. The quantitative estimate of drug-likeness (QED) is 0.856. The van der Waals surface area contributed by atoms with Crippen molar-refractivity contribution in [2.75, 3.05) is 0 Å². The number of hydrogen-bond donors (Lipinski definition) is 1. The Morgan fingerprint density at radius 2 is 2.00 bits per heavy atom. The maximum absolute atomic E-state index is 13.6. The number of nitrogens with one attached hydrogen (secondary N) is 1. The summed E-state index contributed by atoms with van der Waals surface area (Å²) in [6.07, 6.45) is 3.33. The van der Waals surface area contributed by atoms with Crippen molar-refractivity contribution >= 4 is 0 Å². The van der Waals surface area contributed by atoms with Gasteiger partial charge in [0.15, 0.2) is 0 Å². The average Bonchev–Trinajstić information content (AvgIpc) is 2.64. The Bertz CT molecular complexity index is 390. The zero-order valence-electron chi connectivity index (χ0n) is 11.6. The van der Waals surface area contributed by atoms with Gasteiger partial charge < -0.3 is 5.32 Å². The third kappa shape index (κ3) is 3.11. The Morgan fingerprint density at radius 1 is 1.28 bits per heavy atom. The van der Waals surface area contributed by atoms with Gasteiger partial charge in [-0.1, -0.05) is 32.0 Å². The second kappa shape index (κ2) is 5.83. The minimum atomic E-state index is -0.0843. The van der Waals surface area contributed by atoms with E-state index in [-0.39, 0.29) is 5.82 Å². The summed E-state index contributed by atoms with van der Waals surface area (Å²) in [7, 11) is 0. The van der Waals surface area contributed by atoms with Crippen molar-refractivity contribution in [1.29, 1.82) is 0 Å². The second-order valence-electron chi connectivity index (χ2n) is 5.88. The van der Waals surface area contributed by atoms with Crippen LogP contribution in [-0.2, 0) is 6.42 Å². The van der Waals surface area contributed by atoms with Gasteiger partial charge in [0.05, 0.1) is 0 Å². The van der Waals surface area contributed by atoms with Crippen LogP contribution in [0.1, 0.15) is 39.2 Å². The van der Waals surface area contributed by atoms with E-state index in [1.54, 1.807) is 12.1 Å². The maximum Gasteiger partial charge on any atom is 0.126 e. The fourth-order valence-electron chi connectivity index (χ4n) is 3.02. The van der Waals surface area contributed by atoms with E-state index < -0.39 is 0 Å². The van der Waals surface area contributed by atoms with Crippen molar-refractivity contribution < 1.29 is 4.39 Å². The van der Waals surface area contributed by atoms with Crippen molar-refractivity contribution in [1.82, 2.24) is 5.32 Å². The molecule has 1 aromatic carbocycles. The predicted molar refractivity (Wildman–Crippen MR) is 74.1 cm³/mol. The lowest BCUT2D eigenvalue weighted by Crippen LogP contribution is -2.40. The lowest BCUT2D eigenvalue weighted by atomic mass is 9.96. The van der Waals surface area contributed by atoms with Gasteiger partial charge in [0.1, 0.15) is 5.82 Å². The first-order valence-electron chi connectivity index (χ1n) is 7.07. The van der Waals surface area contributed by atoms with Crippen molar-refractivity contribution in [2.24, 2.45) is 11.8 Å². The van der Waals surface area contributed by atoms with Gasteiger partial charge in [-0.25, -0.2) is 4.39 Å². The molecule has 0 radical (unpaired) electrons. The lowest BCUT2D eigenvalue weighted by molar-refractivity contribution is 0.342. The summed E-state index contributed by atoms with van der Waals surface area (Å²) < 4.78 is 13.6. The van der Waals surface area contributed by atoms with Crippen LogP contribution in [0.4, 0.5) is 4.39 Å². The normalized spacial score (nSPS) is 29.4. The molecule has 0 aromatic heterocycles. The zero-order valence-corrected chi connectivity index (χ0v) is 11.6. The summed E-state index contributed by atoms with van der Waals surface area (Å²) in [6, 6.07) is 8.01. The fourth-order valence-corrected chi connectivity index (χ4v) is 3.02. The molecule has 0 saturated heterocycles. The average molecular weight is 249 g/mol. The molecule has 18 heavy (non-hydrogen) atoms. The minimum Gasteiger partial charge on any atom is -0.311 e. The Hall–Kier alpha value is -0.890. The molecule has 1 saturated carbocycles. The molecule has 0 aliphatic heterocycles. The smallest absolute Gasteiger partial charge is 0.126 e.